The van der Waals surface area contributed by atoms with E-state index in [0.717, 1.165) is 37.1 Å². The summed E-state index contributed by atoms with van der Waals surface area (Å²) < 4.78 is 1.70. The molecule has 1 aromatic rings. The Morgan fingerprint density at radius 1 is 1.59 bits per heavy atom. The van der Waals surface area contributed by atoms with Crippen molar-refractivity contribution in [2.75, 3.05) is 11.9 Å². The fraction of sp³-hybridized carbons (Fsp3) is 0.667. The van der Waals surface area contributed by atoms with E-state index in [2.05, 4.69) is 10.4 Å². The van der Waals surface area contributed by atoms with E-state index < -0.39 is 0 Å². The molecule has 0 radical (unpaired) electrons. The Labute approximate surface area is 101 Å². The molecule has 1 saturated carbocycles. The minimum atomic E-state index is -0.359. The van der Waals surface area contributed by atoms with Crippen LogP contribution in [-0.2, 0) is 11.8 Å². The smallest absolute Gasteiger partial charge is 0.231 e. The minimum Gasteiger partial charge on any atom is -0.329 e. The number of hydrogen-bond acceptors (Lipinski definition) is 3. The second kappa shape index (κ2) is 4.49. The lowest BCUT2D eigenvalue weighted by molar-refractivity contribution is -0.124. The lowest BCUT2D eigenvalue weighted by Gasteiger charge is -2.25. The third kappa shape index (κ3) is 2.20. The predicted molar refractivity (Wildman–Crippen MR) is 66.5 cm³/mol. The number of aromatic nitrogens is 2. The number of nitrogens with two attached hydrogens (primary N) is 1. The van der Waals surface area contributed by atoms with Crippen LogP contribution in [0.5, 0.6) is 0 Å². The zero-order chi connectivity index (χ0) is 12.5. The van der Waals surface area contributed by atoms with Gasteiger partial charge in [0.2, 0.25) is 5.91 Å². The number of aryl methyl sites for hydroxylation is 2. The molecule has 1 heterocycles. The monoisotopic (exact) mass is 236 g/mol. The third-order valence-corrected chi connectivity index (χ3v) is 3.69. The van der Waals surface area contributed by atoms with Crippen molar-refractivity contribution in [2.45, 2.75) is 32.6 Å². The summed E-state index contributed by atoms with van der Waals surface area (Å²) in [6.07, 6.45) is 5.81. The summed E-state index contributed by atoms with van der Waals surface area (Å²) in [4.78, 5) is 12.3. The van der Waals surface area contributed by atoms with E-state index >= 15 is 0 Å². The van der Waals surface area contributed by atoms with Gasteiger partial charge in [0.05, 0.1) is 16.8 Å². The molecule has 1 fully saturated rings. The van der Waals surface area contributed by atoms with Gasteiger partial charge in [0, 0.05) is 19.8 Å². The van der Waals surface area contributed by atoms with Crippen molar-refractivity contribution in [1.29, 1.82) is 0 Å². The molecule has 1 aliphatic carbocycles. The molecule has 1 amide bonds. The minimum absolute atomic E-state index is 0.0496. The summed E-state index contributed by atoms with van der Waals surface area (Å²) in [5.74, 6) is 0.0496. The Kier molecular flexibility index (Phi) is 3.19. The number of nitrogens with one attached hydrogen (secondary N) is 1. The fourth-order valence-electron chi connectivity index (χ4n) is 2.55. The first-order valence-electron chi connectivity index (χ1n) is 6.09. The summed E-state index contributed by atoms with van der Waals surface area (Å²) >= 11 is 0. The van der Waals surface area contributed by atoms with Crippen LogP contribution < -0.4 is 11.1 Å². The van der Waals surface area contributed by atoms with Crippen LogP contribution in [0.15, 0.2) is 6.20 Å². The summed E-state index contributed by atoms with van der Waals surface area (Å²) in [5, 5.41) is 7.17. The Bertz CT molecular complexity index is 418. The van der Waals surface area contributed by atoms with Crippen LogP contribution in [0, 0.1) is 12.3 Å². The standard InChI is InChI=1S/C12H20N4O/c1-9-10(7-16(2)15-9)14-11(17)12(8-13)5-3-4-6-12/h7H,3-6,8,13H2,1-2H3,(H,14,17). The van der Waals surface area contributed by atoms with Gasteiger partial charge in [-0.05, 0) is 19.8 Å². The number of carbonyl (C=O) groups is 1. The molecule has 0 bridgehead atoms. The maximum Gasteiger partial charge on any atom is 0.231 e. The van der Waals surface area contributed by atoms with Crippen LogP contribution in [-0.4, -0.2) is 22.2 Å². The normalized spacial score (nSPS) is 18.3. The van der Waals surface area contributed by atoms with Gasteiger partial charge in [-0.2, -0.15) is 5.10 Å². The quantitative estimate of drug-likeness (QED) is 0.828. The number of carbonyl (C=O) groups excluding carboxylic acids is 1. The van der Waals surface area contributed by atoms with Gasteiger partial charge in [-0.3, -0.25) is 9.48 Å². The maximum absolute atomic E-state index is 12.3. The van der Waals surface area contributed by atoms with Crippen LogP contribution in [0.1, 0.15) is 31.4 Å². The zero-order valence-corrected chi connectivity index (χ0v) is 10.5. The van der Waals surface area contributed by atoms with E-state index in [9.17, 15) is 4.79 Å². The number of anilines is 1. The number of hydrogen-bond donors (Lipinski definition) is 2. The summed E-state index contributed by atoms with van der Waals surface area (Å²) in [7, 11) is 1.84. The molecule has 5 nitrogen and oxygen atoms in total. The van der Waals surface area contributed by atoms with Crippen LogP contribution in [0.3, 0.4) is 0 Å². The highest BCUT2D eigenvalue weighted by Crippen LogP contribution is 2.38. The SMILES string of the molecule is Cc1nn(C)cc1NC(=O)C1(CN)CCCC1. The van der Waals surface area contributed by atoms with Crippen LogP contribution in [0.4, 0.5) is 5.69 Å². The van der Waals surface area contributed by atoms with Crippen molar-refractivity contribution in [1.82, 2.24) is 9.78 Å². The van der Waals surface area contributed by atoms with Crippen molar-refractivity contribution in [2.24, 2.45) is 18.2 Å². The van der Waals surface area contributed by atoms with Gasteiger partial charge in [0.1, 0.15) is 0 Å². The molecule has 0 saturated heterocycles. The molecule has 0 spiro atoms. The lowest BCUT2D eigenvalue weighted by atomic mass is 9.85. The Balaban J connectivity index is 2.13. The molecule has 1 aliphatic rings. The first-order chi connectivity index (χ1) is 8.07. The van der Waals surface area contributed by atoms with Gasteiger partial charge >= 0.3 is 0 Å². The van der Waals surface area contributed by atoms with Crippen LogP contribution in [0.2, 0.25) is 0 Å². The molecule has 1 aromatic heterocycles. The van der Waals surface area contributed by atoms with Gasteiger partial charge < -0.3 is 11.1 Å². The van der Waals surface area contributed by atoms with Gasteiger partial charge in [0.25, 0.3) is 0 Å². The average Bonchev–Trinajstić information content (AvgIpc) is 2.87. The highest BCUT2D eigenvalue weighted by atomic mass is 16.2. The van der Waals surface area contributed by atoms with E-state index in [1.54, 1.807) is 4.68 Å². The number of amides is 1. The number of rotatable bonds is 3. The largest absolute Gasteiger partial charge is 0.329 e. The molecule has 2 rings (SSSR count). The van der Waals surface area contributed by atoms with Crippen LogP contribution >= 0.6 is 0 Å². The zero-order valence-electron chi connectivity index (χ0n) is 10.5. The highest BCUT2D eigenvalue weighted by molar-refractivity contribution is 5.96. The van der Waals surface area contributed by atoms with E-state index in [1.165, 1.54) is 0 Å². The van der Waals surface area contributed by atoms with E-state index in [4.69, 9.17) is 5.73 Å². The second-order valence-electron chi connectivity index (χ2n) is 4.95. The molecule has 94 valence electrons. The number of nitrogens with zero attached hydrogens (tertiary/aromatic N) is 2. The first-order valence-corrected chi connectivity index (χ1v) is 6.09. The van der Waals surface area contributed by atoms with Crippen molar-refractivity contribution in [3.8, 4) is 0 Å². The molecule has 3 N–H and O–H groups in total. The lowest BCUT2D eigenvalue weighted by Crippen LogP contribution is -2.40. The van der Waals surface area contributed by atoms with E-state index in [-0.39, 0.29) is 11.3 Å². The molecular formula is C12H20N4O. The van der Waals surface area contributed by atoms with Gasteiger partial charge in [-0.15, -0.1) is 0 Å². The average molecular weight is 236 g/mol. The van der Waals surface area contributed by atoms with Gasteiger partial charge in [-0.25, -0.2) is 0 Å². The molecule has 0 aromatic carbocycles. The van der Waals surface area contributed by atoms with E-state index in [0.29, 0.717) is 6.54 Å². The first kappa shape index (κ1) is 12.1. The van der Waals surface area contributed by atoms with Crippen molar-refractivity contribution >= 4 is 11.6 Å². The Hall–Kier alpha value is -1.36. The summed E-state index contributed by atoms with van der Waals surface area (Å²) in [5.41, 5.74) is 7.05. The van der Waals surface area contributed by atoms with E-state index in [1.807, 2.05) is 20.2 Å². The van der Waals surface area contributed by atoms with Gasteiger partial charge in [-0.1, -0.05) is 12.8 Å². The molecule has 0 unspecified atom stereocenters. The molecule has 17 heavy (non-hydrogen) atoms. The molecular weight excluding hydrogens is 216 g/mol. The Morgan fingerprint density at radius 2 is 2.24 bits per heavy atom. The summed E-state index contributed by atoms with van der Waals surface area (Å²) in [6, 6.07) is 0. The summed E-state index contributed by atoms with van der Waals surface area (Å²) in [6.45, 7) is 2.32. The highest BCUT2D eigenvalue weighted by Gasteiger charge is 2.40. The molecule has 5 heteroatoms. The fourth-order valence-corrected chi connectivity index (χ4v) is 2.55. The van der Waals surface area contributed by atoms with Crippen molar-refractivity contribution in [3.05, 3.63) is 11.9 Å². The predicted octanol–water partition coefficient (Wildman–Crippen LogP) is 1.19. The maximum atomic E-state index is 12.3. The van der Waals surface area contributed by atoms with Crippen molar-refractivity contribution < 1.29 is 4.79 Å². The second-order valence-corrected chi connectivity index (χ2v) is 4.95. The van der Waals surface area contributed by atoms with Crippen LogP contribution in [0.25, 0.3) is 0 Å². The van der Waals surface area contributed by atoms with Gasteiger partial charge in [0.15, 0.2) is 0 Å². The third-order valence-electron chi connectivity index (χ3n) is 3.69. The Morgan fingerprint density at radius 3 is 2.71 bits per heavy atom. The van der Waals surface area contributed by atoms with Crippen molar-refractivity contribution in [3.63, 3.8) is 0 Å². The molecule has 0 aliphatic heterocycles. The topological polar surface area (TPSA) is 72.9 Å². The molecule has 0 atom stereocenters.